The lowest BCUT2D eigenvalue weighted by molar-refractivity contribution is 0.668. The molecular formula is C51H29N3O2S. The Hall–Kier alpha value is -7.41. The minimum atomic E-state index is 0.556. The lowest BCUT2D eigenvalue weighted by Gasteiger charge is -2.09. The molecule has 0 aliphatic carbocycles. The zero-order valence-corrected chi connectivity index (χ0v) is 31.1. The van der Waals surface area contributed by atoms with E-state index in [0.29, 0.717) is 17.5 Å². The van der Waals surface area contributed by atoms with Gasteiger partial charge >= 0.3 is 0 Å². The van der Waals surface area contributed by atoms with Gasteiger partial charge in [0.1, 0.15) is 22.3 Å². The van der Waals surface area contributed by atoms with Crippen molar-refractivity contribution in [3.8, 4) is 56.4 Å². The number of para-hydroxylation sites is 2. The second-order valence-electron chi connectivity index (χ2n) is 14.3. The summed E-state index contributed by atoms with van der Waals surface area (Å²) in [4.78, 5) is 14.9. The molecule has 4 aromatic heterocycles. The van der Waals surface area contributed by atoms with Gasteiger partial charge in [-0.3, -0.25) is 0 Å². The summed E-state index contributed by atoms with van der Waals surface area (Å²) in [5.41, 5.74) is 10.3. The normalized spacial score (nSPS) is 11.9. The first-order valence-electron chi connectivity index (χ1n) is 18.9. The van der Waals surface area contributed by atoms with E-state index in [2.05, 4.69) is 97.1 Å². The van der Waals surface area contributed by atoms with Crippen LogP contribution in [0.3, 0.4) is 0 Å². The Morgan fingerprint density at radius 2 is 0.912 bits per heavy atom. The Bertz CT molecular complexity index is 3470. The number of aromatic nitrogens is 3. The van der Waals surface area contributed by atoms with Gasteiger partial charge in [0.2, 0.25) is 0 Å². The fraction of sp³-hybridized carbons (Fsp3) is 0. The molecule has 0 aliphatic rings. The summed E-state index contributed by atoms with van der Waals surface area (Å²) in [5, 5.41) is 6.77. The van der Waals surface area contributed by atoms with Crippen molar-refractivity contribution in [2.24, 2.45) is 0 Å². The predicted molar refractivity (Wildman–Crippen MR) is 234 cm³/mol. The summed E-state index contributed by atoms with van der Waals surface area (Å²) < 4.78 is 16.0. The highest BCUT2D eigenvalue weighted by Crippen LogP contribution is 2.45. The summed E-state index contributed by atoms with van der Waals surface area (Å²) in [6, 6.07) is 60.9. The molecule has 0 fully saturated rings. The second kappa shape index (κ2) is 12.6. The first-order valence-corrected chi connectivity index (χ1v) is 19.7. The molecule has 8 aromatic carbocycles. The largest absolute Gasteiger partial charge is 0.455 e. The van der Waals surface area contributed by atoms with Crippen LogP contribution >= 0.6 is 11.3 Å². The van der Waals surface area contributed by atoms with E-state index in [4.69, 9.17) is 23.8 Å². The van der Waals surface area contributed by atoms with Crippen molar-refractivity contribution in [2.45, 2.75) is 0 Å². The Labute approximate surface area is 330 Å². The van der Waals surface area contributed by atoms with Gasteiger partial charge < -0.3 is 8.83 Å². The molecule has 4 heterocycles. The number of hydrogen-bond acceptors (Lipinski definition) is 6. The van der Waals surface area contributed by atoms with Gasteiger partial charge in [-0.2, -0.15) is 0 Å². The van der Waals surface area contributed by atoms with Crippen LogP contribution in [0.4, 0.5) is 0 Å². The standard InChI is InChI=1S/C51H29N3O2S/c1-3-12-30(13-4-1)49-52-50(31-14-5-2-6-15-31)54-51(53-49)39-19-11-18-37-40-28-33(22-26-43(40)55-47(37)39)35-25-24-34(46-38-17-7-9-20-42(38)56-48(35)46)32-23-27-45-41(29-32)36-16-8-10-21-44(36)57-45/h1-29H. The fourth-order valence-corrected chi connectivity index (χ4v) is 9.35. The molecule has 12 aromatic rings. The van der Waals surface area contributed by atoms with Gasteiger partial charge in [0.05, 0.1) is 5.56 Å². The van der Waals surface area contributed by atoms with Crippen molar-refractivity contribution in [3.63, 3.8) is 0 Å². The number of rotatable bonds is 5. The Kier molecular flexibility index (Phi) is 7.03. The first-order chi connectivity index (χ1) is 28.2. The van der Waals surface area contributed by atoms with Crippen molar-refractivity contribution >= 4 is 75.4 Å². The Morgan fingerprint density at radius 1 is 0.333 bits per heavy atom. The highest BCUT2D eigenvalue weighted by Gasteiger charge is 2.21. The minimum Gasteiger partial charge on any atom is -0.455 e. The third-order valence-corrected chi connectivity index (χ3v) is 12.1. The molecule has 0 atom stereocenters. The van der Waals surface area contributed by atoms with Gasteiger partial charge in [-0.05, 0) is 65.2 Å². The molecule has 6 heteroatoms. The van der Waals surface area contributed by atoms with Crippen LogP contribution in [-0.2, 0) is 0 Å². The van der Waals surface area contributed by atoms with Crippen LogP contribution in [-0.4, -0.2) is 15.0 Å². The van der Waals surface area contributed by atoms with Crippen LogP contribution in [0.5, 0.6) is 0 Å². The van der Waals surface area contributed by atoms with Crippen LogP contribution < -0.4 is 0 Å². The number of nitrogens with zero attached hydrogens (tertiary/aromatic N) is 3. The van der Waals surface area contributed by atoms with Crippen LogP contribution in [0.2, 0.25) is 0 Å². The number of hydrogen-bond donors (Lipinski definition) is 0. The SMILES string of the molecule is c1ccc(-c2nc(-c3ccccc3)nc(-c3cccc4c3oc3ccc(-c5ccc(-c6ccc7sc8ccccc8c7c6)c6c5oc5ccccc56)cc34)n2)cc1. The van der Waals surface area contributed by atoms with E-state index in [1.807, 2.05) is 90.2 Å². The van der Waals surface area contributed by atoms with E-state index >= 15 is 0 Å². The lowest BCUT2D eigenvalue weighted by atomic mass is 9.93. The molecular weight excluding hydrogens is 719 g/mol. The molecule has 57 heavy (non-hydrogen) atoms. The van der Waals surface area contributed by atoms with Crippen molar-refractivity contribution in [1.82, 2.24) is 15.0 Å². The van der Waals surface area contributed by atoms with Gasteiger partial charge in [0, 0.05) is 58.4 Å². The summed E-state index contributed by atoms with van der Waals surface area (Å²) in [5.74, 6) is 1.77. The van der Waals surface area contributed by atoms with E-state index in [0.717, 1.165) is 77.3 Å². The van der Waals surface area contributed by atoms with Crippen LogP contribution in [0.1, 0.15) is 0 Å². The van der Waals surface area contributed by atoms with Crippen molar-refractivity contribution in [3.05, 3.63) is 176 Å². The minimum absolute atomic E-state index is 0.556. The second-order valence-corrected chi connectivity index (χ2v) is 15.4. The molecule has 266 valence electrons. The summed E-state index contributed by atoms with van der Waals surface area (Å²) >= 11 is 1.84. The Morgan fingerprint density at radius 3 is 1.72 bits per heavy atom. The number of benzene rings is 8. The zero-order chi connectivity index (χ0) is 37.5. The van der Waals surface area contributed by atoms with E-state index in [1.165, 1.54) is 25.7 Å². The molecule has 0 spiro atoms. The molecule has 12 rings (SSSR count). The van der Waals surface area contributed by atoms with Gasteiger partial charge in [-0.15, -0.1) is 11.3 Å². The van der Waals surface area contributed by atoms with Gasteiger partial charge in [-0.25, -0.2) is 15.0 Å². The highest BCUT2D eigenvalue weighted by molar-refractivity contribution is 7.25. The van der Waals surface area contributed by atoms with Crippen molar-refractivity contribution in [1.29, 1.82) is 0 Å². The lowest BCUT2D eigenvalue weighted by Crippen LogP contribution is -2.00. The topological polar surface area (TPSA) is 65.0 Å². The van der Waals surface area contributed by atoms with Crippen molar-refractivity contribution < 1.29 is 8.83 Å². The molecule has 0 saturated heterocycles. The monoisotopic (exact) mass is 747 g/mol. The average Bonchev–Trinajstić information content (AvgIpc) is 3.98. The third-order valence-electron chi connectivity index (χ3n) is 11.0. The fourth-order valence-electron chi connectivity index (χ4n) is 8.26. The molecule has 0 amide bonds. The zero-order valence-electron chi connectivity index (χ0n) is 30.3. The molecule has 0 aliphatic heterocycles. The van der Waals surface area contributed by atoms with Crippen molar-refractivity contribution in [2.75, 3.05) is 0 Å². The van der Waals surface area contributed by atoms with E-state index in [-0.39, 0.29) is 0 Å². The van der Waals surface area contributed by atoms with Gasteiger partial charge in [-0.1, -0.05) is 127 Å². The number of furan rings is 2. The van der Waals surface area contributed by atoms with Crippen LogP contribution in [0, 0.1) is 0 Å². The van der Waals surface area contributed by atoms with E-state index < -0.39 is 0 Å². The van der Waals surface area contributed by atoms with E-state index in [9.17, 15) is 0 Å². The number of fused-ring (bicyclic) bond motifs is 9. The summed E-state index contributed by atoms with van der Waals surface area (Å²) in [6.45, 7) is 0. The molecule has 0 radical (unpaired) electrons. The molecule has 0 bridgehead atoms. The smallest absolute Gasteiger partial charge is 0.167 e. The summed E-state index contributed by atoms with van der Waals surface area (Å²) in [7, 11) is 0. The highest BCUT2D eigenvalue weighted by atomic mass is 32.1. The van der Waals surface area contributed by atoms with Gasteiger partial charge in [0.25, 0.3) is 0 Å². The molecule has 0 unspecified atom stereocenters. The predicted octanol–water partition coefficient (Wildman–Crippen LogP) is 14.4. The number of thiophene rings is 1. The molecule has 0 N–H and O–H groups in total. The molecule has 0 saturated carbocycles. The van der Waals surface area contributed by atoms with Crippen LogP contribution in [0.25, 0.3) is 120 Å². The quantitative estimate of drug-likeness (QED) is 0.175. The van der Waals surface area contributed by atoms with Gasteiger partial charge in [0.15, 0.2) is 17.5 Å². The third kappa shape index (κ3) is 5.12. The maximum atomic E-state index is 6.75. The summed E-state index contributed by atoms with van der Waals surface area (Å²) in [6.07, 6.45) is 0. The first kappa shape index (κ1) is 31.9. The maximum absolute atomic E-state index is 6.75. The average molecular weight is 748 g/mol. The van der Waals surface area contributed by atoms with E-state index in [1.54, 1.807) is 0 Å². The molecule has 5 nitrogen and oxygen atoms in total. The maximum Gasteiger partial charge on any atom is 0.167 e. The Balaban J connectivity index is 1.03. The van der Waals surface area contributed by atoms with Crippen LogP contribution in [0.15, 0.2) is 185 Å².